The molecule has 1 N–H and O–H groups in total. The molecule has 1 aliphatic rings. The lowest BCUT2D eigenvalue weighted by molar-refractivity contribution is 0.0696. The van der Waals surface area contributed by atoms with Crippen LogP contribution in [0.1, 0.15) is 47.8 Å². The molecule has 1 aromatic carbocycles. The van der Waals surface area contributed by atoms with Crippen molar-refractivity contribution in [1.29, 1.82) is 0 Å². The fraction of sp³-hybridized carbons (Fsp3) is 0.375. The summed E-state index contributed by atoms with van der Waals surface area (Å²) in [5, 5.41) is 9.57. The van der Waals surface area contributed by atoms with E-state index in [0.717, 1.165) is 18.6 Å². The number of carboxylic acids is 1. The van der Waals surface area contributed by atoms with Gasteiger partial charge in [-0.3, -0.25) is 0 Å². The third-order valence-electron chi connectivity index (χ3n) is 4.13. The molecule has 110 valence electrons. The number of pyridine rings is 1. The van der Waals surface area contributed by atoms with Gasteiger partial charge in [0.1, 0.15) is 11.3 Å². The van der Waals surface area contributed by atoms with Crippen LogP contribution in [0.3, 0.4) is 0 Å². The zero-order chi connectivity index (χ0) is 15.3. The first-order valence-electron chi connectivity index (χ1n) is 6.93. The Morgan fingerprint density at radius 3 is 2.71 bits per heavy atom. The molecule has 0 radical (unpaired) electrons. The standard InChI is InChI=1S/C16H15F2NO2/c1-7-3-8(2)13-12(4-7)19-15-10(14(13)16(20)21)5-9(17)6-11(15)18/h5-8H,3-4H2,1-2H3,(H,20,21). The van der Waals surface area contributed by atoms with Gasteiger partial charge < -0.3 is 5.11 Å². The second-order valence-electron chi connectivity index (χ2n) is 5.88. The lowest BCUT2D eigenvalue weighted by atomic mass is 9.78. The molecule has 0 fully saturated rings. The van der Waals surface area contributed by atoms with Gasteiger partial charge in [-0.1, -0.05) is 13.8 Å². The minimum Gasteiger partial charge on any atom is -0.478 e. The predicted octanol–water partition coefficient (Wildman–Crippen LogP) is 3.90. The molecular formula is C16H15F2NO2. The monoisotopic (exact) mass is 291 g/mol. The molecule has 0 bridgehead atoms. The van der Waals surface area contributed by atoms with E-state index in [1.807, 2.05) is 6.92 Å². The summed E-state index contributed by atoms with van der Waals surface area (Å²) >= 11 is 0. The van der Waals surface area contributed by atoms with Crippen LogP contribution in [0.15, 0.2) is 12.1 Å². The quantitative estimate of drug-likeness (QED) is 0.867. The van der Waals surface area contributed by atoms with Crippen LogP contribution in [0, 0.1) is 17.6 Å². The van der Waals surface area contributed by atoms with Gasteiger partial charge in [0, 0.05) is 17.1 Å². The minimum atomic E-state index is -1.16. The number of carboxylic acid groups (broad SMARTS) is 1. The first kappa shape index (κ1) is 13.9. The summed E-state index contributed by atoms with van der Waals surface area (Å²) in [6, 6.07) is 1.79. The van der Waals surface area contributed by atoms with Crippen molar-refractivity contribution in [3.05, 3.63) is 40.6 Å². The van der Waals surface area contributed by atoms with Crippen molar-refractivity contribution in [2.24, 2.45) is 5.92 Å². The van der Waals surface area contributed by atoms with E-state index in [2.05, 4.69) is 11.9 Å². The molecule has 0 saturated carbocycles. The Balaban J connectivity index is 2.45. The molecule has 1 aliphatic carbocycles. The number of hydrogen-bond donors (Lipinski definition) is 1. The summed E-state index contributed by atoms with van der Waals surface area (Å²) in [4.78, 5) is 16.0. The Bertz CT molecular complexity index is 758. The van der Waals surface area contributed by atoms with Crippen molar-refractivity contribution in [3.63, 3.8) is 0 Å². The van der Waals surface area contributed by atoms with Gasteiger partial charge in [0.25, 0.3) is 0 Å². The first-order chi connectivity index (χ1) is 9.88. The fourth-order valence-electron chi connectivity index (χ4n) is 3.41. The summed E-state index contributed by atoms with van der Waals surface area (Å²) in [7, 11) is 0. The van der Waals surface area contributed by atoms with Gasteiger partial charge in [0.2, 0.25) is 0 Å². The highest BCUT2D eigenvalue weighted by Gasteiger charge is 2.30. The van der Waals surface area contributed by atoms with Crippen molar-refractivity contribution in [1.82, 2.24) is 4.98 Å². The van der Waals surface area contributed by atoms with Crippen LogP contribution in [0.5, 0.6) is 0 Å². The van der Waals surface area contributed by atoms with Gasteiger partial charge in [-0.2, -0.15) is 0 Å². The lowest BCUT2D eigenvalue weighted by Crippen LogP contribution is -2.21. The van der Waals surface area contributed by atoms with Crippen molar-refractivity contribution in [3.8, 4) is 0 Å². The fourth-order valence-corrected chi connectivity index (χ4v) is 3.41. The molecule has 0 aliphatic heterocycles. The van der Waals surface area contributed by atoms with Crippen LogP contribution >= 0.6 is 0 Å². The predicted molar refractivity (Wildman–Crippen MR) is 74.5 cm³/mol. The van der Waals surface area contributed by atoms with Crippen LogP contribution in [-0.2, 0) is 6.42 Å². The van der Waals surface area contributed by atoms with Crippen molar-refractivity contribution in [2.45, 2.75) is 32.6 Å². The van der Waals surface area contributed by atoms with E-state index in [9.17, 15) is 18.7 Å². The maximum Gasteiger partial charge on any atom is 0.336 e. The van der Waals surface area contributed by atoms with E-state index < -0.39 is 17.6 Å². The zero-order valence-electron chi connectivity index (χ0n) is 11.8. The number of aromatic nitrogens is 1. The van der Waals surface area contributed by atoms with Crippen LogP contribution in [0.25, 0.3) is 10.9 Å². The van der Waals surface area contributed by atoms with Crippen LogP contribution in [-0.4, -0.2) is 16.1 Å². The molecular weight excluding hydrogens is 276 g/mol. The van der Waals surface area contributed by atoms with E-state index in [1.165, 1.54) is 0 Å². The second-order valence-corrected chi connectivity index (χ2v) is 5.88. The Labute approximate surface area is 120 Å². The summed E-state index contributed by atoms with van der Waals surface area (Å²) in [6.45, 7) is 4.00. The first-order valence-corrected chi connectivity index (χ1v) is 6.93. The third-order valence-corrected chi connectivity index (χ3v) is 4.13. The molecule has 21 heavy (non-hydrogen) atoms. The van der Waals surface area contributed by atoms with E-state index in [-0.39, 0.29) is 22.4 Å². The van der Waals surface area contributed by atoms with E-state index in [1.54, 1.807) is 0 Å². The number of fused-ring (bicyclic) bond motifs is 2. The van der Waals surface area contributed by atoms with Gasteiger partial charge in [-0.25, -0.2) is 18.6 Å². The molecule has 3 rings (SSSR count). The third kappa shape index (κ3) is 2.17. The van der Waals surface area contributed by atoms with Crippen LogP contribution < -0.4 is 0 Å². The van der Waals surface area contributed by atoms with Crippen molar-refractivity contribution < 1.29 is 18.7 Å². The number of aromatic carboxylic acids is 1. The van der Waals surface area contributed by atoms with E-state index in [4.69, 9.17) is 0 Å². The van der Waals surface area contributed by atoms with Crippen molar-refractivity contribution >= 4 is 16.9 Å². The molecule has 2 atom stereocenters. The molecule has 0 saturated heterocycles. The zero-order valence-corrected chi connectivity index (χ0v) is 11.8. The lowest BCUT2D eigenvalue weighted by Gasteiger charge is -2.28. The highest BCUT2D eigenvalue weighted by molar-refractivity contribution is 6.04. The number of benzene rings is 1. The summed E-state index contributed by atoms with van der Waals surface area (Å²) in [5.41, 5.74) is 1.18. The highest BCUT2D eigenvalue weighted by atomic mass is 19.1. The molecule has 1 heterocycles. The molecule has 3 nitrogen and oxygen atoms in total. The minimum absolute atomic E-state index is 0.00667. The Morgan fingerprint density at radius 2 is 2.05 bits per heavy atom. The Morgan fingerprint density at radius 1 is 1.33 bits per heavy atom. The molecule has 2 aromatic rings. The maximum absolute atomic E-state index is 14.0. The molecule has 5 heteroatoms. The van der Waals surface area contributed by atoms with E-state index in [0.29, 0.717) is 23.6 Å². The number of hydrogen-bond acceptors (Lipinski definition) is 2. The summed E-state index contributed by atoms with van der Waals surface area (Å²) in [5.74, 6) is -2.40. The smallest absolute Gasteiger partial charge is 0.336 e. The normalized spacial score (nSPS) is 21.3. The number of rotatable bonds is 1. The highest BCUT2D eigenvalue weighted by Crippen LogP contribution is 2.39. The Kier molecular flexibility index (Phi) is 3.15. The van der Waals surface area contributed by atoms with Crippen molar-refractivity contribution in [2.75, 3.05) is 0 Å². The molecule has 2 unspecified atom stereocenters. The summed E-state index contributed by atoms with van der Waals surface area (Å²) < 4.78 is 27.4. The number of halogens is 2. The molecule has 1 aromatic heterocycles. The topological polar surface area (TPSA) is 50.2 Å². The van der Waals surface area contributed by atoms with Gasteiger partial charge in [0.05, 0.1) is 5.56 Å². The second kappa shape index (κ2) is 4.76. The summed E-state index contributed by atoms with van der Waals surface area (Å²) in [6.07, 6.45) is 1.46. The van der Waals surface area contributed by atoms with E-state index >= 15 is 0 Å². The largest absolute Gasteiger partial charge is 0.478 e. The number of nitrogens with zero attached hydrogens (tertiary/aromatic N) is 1. The average molecular weight is 291 g/mol. The number of carbonyl (C=O) groups is 1. The van der Waals surface area contributed by atoms with Crippen LogP contribution in [0.2, 0.25) is 0 Å². The van der Waals surface area contributed by atoms with Gasteiger partial charge in [0.15, 0.2) is 5.82 Å². The Hall–Kier alpha value is -2.04. The maximum atomic E-state index is 14.0. The van der Waals surface area contributed by atoms with Gasteiger partial charge in [-0.15, -0.1) is 0 Å². The molecule has 0 amide bonds. The average Bonchev–Trinajstić information content (AvgIpc) is 2.36. The SMILES string of the molecule is CC1Cc2nc3c(F)cc(F)cc3c(C(=O)O)c2C(C)C1. The molecule has 0 spiro atoms. The van der Waals surface area contributed by atoms with Gasteiger partial charge in [-0.05, 0) is 36.3 Å². The van der Waals surface area contributed by atoms with Gasteiger partial charge >= 0.3 is 5.97 Å². The van der Waals surface area contributed by atoms with Crippen LogP contribution in [0.4, 0.5) is 8.78 Å².